The first-order chi connectivity index (χ1) is 9.57. The van der Waals surface area contributed by atoms with Gasteiger partial charge in [0.15, 0.2) is 11.5 Å². The van der Waals surface area contributed by atoms with Crippen molar-refractivity contribution >= 4 is 11.6 Å². The van der Waals surface area contributed by atoms with Crippen molar-refractivity contribution in [3.8, 4) is 11.5 Å². The lowest BCUT2D eigenvalue weighted by molar-refractivity contribution is -0.117. The van der Waals surface area contributed by atoms with Crippen molar-refractivity contribution in [1.82, 2.24) is 0 Å². The zero-order chi connectivity index (χ0) is 15.8. The fourth-order valence-electron chi connectivity index (χ4n) is 2.02. The van der Waals surface area contributed by atoms with Crippen LogP contribution in [-0.2, 0) is 4.79 Å². The molecule has 21 heavy (non-hydrogen) atoms. The fourth-order valence-corrected chi connectivity index (χ4v) is 2.02. The van der Waals surface area contributed by atoms with E-state index in [4.69, 9.17) is 15.2 Å². The van der Waals surface area contributed by atoms with Crippen LogP contribution >= 0.6 is 0 Å². The molecule has 2 rings (SSSR count). The summed E-state index contributed by atoms with van der Waals surface area (Å²) in [5, 5.41) is 2.85. The molecule has 1 amide bonds. The summed E-state index contributed by atoms with van der Waals surface area (Å²) < 4.78 is 11.3. The molecule has 0 radical (unpaired) electrons. The van der Waals surface area contributed by atoms with Crippen molar-refractivity contribution in [1.29, 1.82) is 0 Å². The van der Waals surface area contributed by atoms with Gasteiger partial charge in [-0.3, -0.25) is 4.79 Å². The number of carbonyl (C=O) groups is 1. The summed E-state index contributed by atoms with van der Waals surface area (Å²) in [7, 11) is 0. The molecular weight excluding hydrogens is 268 g/mol. The molecule has 0 saturated heterocycles. The summed E-state index contributed by atoms with van der Waals surface area (Å²) in [6.45, 7) is 9.75. The molecule has 5 nitrogen and oxygen atoms in total. The molecule has 1 heterocycles. The monoisotopic (exact) mass is 292 g/mol. The molecule has 1 unspecified atom stereocenters. The van der Waals surface area contributed by atoms with E-state index in [1.807, 2.05) is 34.6 Å². The molecule has 0 bridgehead atoms. The van der Waals surface area contributed by atoms with E-state index in [1.165, 1.54) is 0 Å². The number of nitrogens with two attached hydrogens (primary N) is 1. The van der Waals surface area contributed by atoms with Crippen molar-refractivity contribution < 1.29 is 14.3 Å². The molecule has 116 valence electrons. The van der Waals surface area contributed by atoms with Crippen LogP contribution < -0.4 is 20.5 Å². The average Bonchev–Trinajstić information content (AvgIpc) is 2.60. The zero-order valence-electron chi connectivity index (χ0n) is 13.3. The summed E-state index contributed by atoms with van der Waals surface area (Å²) in [6, 6.07) is 5.17. The smallest absolute Gasteiger partial charge is 0.246 e. The molecule has 1 aromatic carbocycles. The SMILES string of the molecule is CC1(C)Oc2ccc(NC(=O)CC(N)C(C)(C)C)cc2O1. The van der Waals surface area contributed by atoms with Gasteiger partial charge < -0.3 is 20.5 Å². The number of nitrogens with one attached hydrogen (secondary N) is 1. The molecule has 0 aliphatic carbocycles. The van der Waals surface area contributed by atoms with Crippen molar-refractivity contribution in [2.45, 2.75) is 52.9 Å². The Bertz CT molecular complexity index is 547. The minimum Gasteiger partial charge on any atom is -0.449 e. The number of benzene rings is 1. The minimum absolute atomic E-state index is 0.101. The molecule has 0 aromatic heterocycles. The molecule has 3 N–H and O–H groups in total. The first-order valence-corrected chi connectivity index (χ1v) is 7.14. The zero-order valence-corrected chi connectivity index (χ0v) is 13.3. The Morgan fingerprint density at radius 2 is 1.90 bits per heavy atom. The summed E-state index contributed by atoms with van der Waals surface area (Å²) in [6.07, 6.45) is 0.281. The highest BCUT2D eigenvalue weighted by atomic mass is 16.7. The number of amides is 1. The van der Waals surface area contributed by atoms with Crippen LogP contribution in [0.1, 0.15) is 41.0 Å². The molecule has 1 aliphatic rings. The van der Waals surface area contributed by atoms with Gasteiger partial charge in [-0.25, -0.2) is 0 Å². The summed E-state index contributed by atoms with van der Waals surface area (Å²) in [4.78, 5) is 12.0. The molecule has 1 aromatic rings. The highest BCUT2D eigenvalue weighted by Crippen LogP contribution is 2.40. The average molecular weight is 292 g/mol. The van der Waals surface area contributed by atoms with Gasteiger partial charge in [-0.15, -0.1) is 0 Å². The second kappa shape index (κ2) is 5.22. The summed E-state index contributed by atoms with van der Waals surface area (Å²) in [5.41, 5.74) is 6.61. The number of ether oxygens (including phenoxy) is 2. The molecule has 1 aliphatic heterocycles. The van der Waals surface area contributed by atoms with Crippen LogP contribution in [0, 0.1) is 5.41 Å². The van der Waals surface area contributed by atoms with Crippen molar-refractivity contribution in [3.63, 3.8) is 0 Å². The van der Waals surface area contributed by atoms with Crippen LogP contribution in [0.5, 0.6) is 11.5 Å². The van der Waals surface area contributed by atoms with Crippen LogP contribution in [0.15, 0.2) is 18.2 Å². The topological polar surface area (TPSA) is 73.6 Å². The van der Waals surface area contributed by atoms with E-state index in [0.29, 0.717) is 17.2 Å². The lowest BCUT2D eigenvalue weighted by Gasteiger charge is -2.26. The fraction of sp³-hybridized carbons (Fsp3) is 0.562. The van der Waals surface area contributed by atoms with Gasteiger partial charge >= 0.3 is 0 Å². The number of fused-ring (bicyclic) bond motifs is 1. The Morgan fingerprint density at radius 1 is 1.29 bits per heavy atom. The summed E-state index contributed by atoms with van der Waals surface area (Å²) in [5.74, 6) is 0.553. The van der Waals surface area contributed by atoms with Crippen molar-refractivity contribution in [2.24, 2.45) is 11.1 Å². The van der Waals surface area contributed by atoms with E-state index in [1.54, 1.807) is 18.2 Å². The van der Waals surface area contributed by atoms with Gasteiger partial charge in [0.2, 0.25) is 11.7 Å². The van der Waals surface area contributed by atoms with Gasteiger partial charge in [-0.1, -0.05) is 20.8 Å². The van der Waals surface area contributed by atoms with Crippen molar-refractivity contribution in [2.75, 3.05) is 5.32 Å². The number of rotatable bonds is 3. The Kier molecular flexibility index (Phi) is 3.89. The van der Waals surface area contributed by atoms with Crippen LogP contribution in [0.2, 0.25) is 0 Å². The molecule has 5 heteroatoms. The number of carbonyl (C=O) groups excluding carboxylic acids is 1. The van der Waals surface area contributed by atoms with Crippen LogP contribution in [-0.4, -0.2) is 17.7 Å². The molecule has 0 spiro atoms. The van der Waals surface area contributed by atoms with E-state index in [0.717, 1.165) is 0 Å². The van der Waals surface area contributed by atoms with Gasteiger partial charge in [0, 0.05) is 38.1 Å². The maximum atomic E-state index is 12.0. The van der Waals surface area contributed by atoms with E-state index in [-0.39, 0.29) is 23.8 Å². The summed E-state index contributed by atoms with van der Waals surface area (Å²) >= 11 is 0. The Morgan fingerprint density at radius 3 is 2.52 bits per heavy atom. The highest BCUT2D eigenvalue weighted by molar-refractivity contribution is 5.91. The second-order valence-electron chi connectivity index (χ2n) is 6.99. The normalized spacial score (nSPS) is 17.4. The van der Waals surface area contributed by atoms with Gasteiger partial charge in [-0.05, 0) is 17.5 Å². The Balaban J connectivity index is 2.01. The van der Waals surface area contributed by atoms with Gasteiger partial charge in [0.25, 0.3) is 0 Å². The number of hydrogen-bond acceptors (Lipinski definition) is 4. The van der Waals surface area contributed by atoms with Crippen LogP contribution in [0.25, 0.3) is 0 Å². The predicted molar refractivity (Wildman–Crippen MR) is 82.5 cm³/mol. The first-order valence-electron chi connectivity index (χ1n) is 7.14. The third-order valence-electron chi connectivity index (χ3n) is 3.46. The lowest BCUT2D eigenvalue weighted by Crippen LogP contribution is -2.38. The maximum absolute atomic E-state index is 12.0. The third-order valence-corrected chi connectivity index (χ3v) is 3.46. The molecule has 1 atom stereocenters. The molecular formula is C16H24N2O3. The molecule has 0 fully saturated rings. The van der Waals surface area contributed by atoms with Crippen LogP contribution in [0.3, 0.4) is 0 Å². The maximum Gasteiger partial charge on any atom is 0.246 e. The van der Waals surface area contributed by atoms with Gasteiger partial charge in [0.1, 0.15) is 0 Å². The van der Waals surface area contributed by atoms with Crippen molar-refractivity contribution in [3.05, 3.63) is 18.2 Å². The van der Waals surface area contributed by atoms with Gasteiger partial charge in [-0.2, -0.15) is 0 Å². The lowest BCUT2D eigenvalue weighted by atomic mass is 9.85. The van der Waals surface area contributed by atoms with Gasteiger partial charge in [0.05, 0.1) is 0 Å². The highest BCUT2D eigenvalue weighted by Gasteiger charge is 2.31. The van der Waals surface area contributed by atoms with Crippen LogP contribution in [0.4, 0.5) is 5.69 Å². The third kappa shape index (κ3) is 3.88. The largest absolute Gasteiger partial charge is 0.449 e. The quantitative estimate of drug-likeness (QED) is 0.898. The Hall–Kier alpha value is -1.75. The number of anilines is 1. The van der Waals surface area contributed by atoms with E-state index in [9.17, 15) is 4.79 Å². The Labute approximate surface area is 125 Å². The van der Waals surface area contributed by atoms with E-state index in [2.05, 4.69) is 5.32 Å². The van der Waals surface area contributed by atoms with E-state index >= 15 is 0 Å². The minimum atomic E-state index is -0.667. The molecule has 0 saturated carbocycles. The second-order valence-corrected chi connectivity index (χ2v) is 6.99. The predicted octanol–water partition coefficient (Wildman–Crippen LogP) is 2.90. The standard InChI is InChI=1S/C16H24N2O3/c1-15(2,3)13(17)9-14(19)18-10-6-7-11-12(8-10)21-16(4,5)20-11/h6-8,13H,9,17H2,1-5H3,(H,18,19). The van der Waals surface area contributed by atoms with E-state index < -0.39 is 5.79 Å². The first kappa shape index (κ1) is 15.6. The number of hydrogen-bond donors (Lipinski definition) is 2.